The summed E-state index contributed by atoms with van der Waals surface area (Å²) in [5.74, 6) is -0.0292. The average Bonchev–Trinajstić information content (AvgIpc) is 2.74. The van der Waals surface area contributed by atoms with Crippen LogP contribution in [0.1, 0.15) is 28.8 Å². The third-order valence-electron chi connectivity index (χ3n) is 2.96. The third kappa shape index (κ3) is 2.08. The van der Waals surface area contributed by atoms with Crippen LogP contribution in [-0.2, 0) is 0 Å². The molecule has 1 aliphatic rings. The summed E-state index contributed by atoms with van der Waals surface area (Å²) >= 11 is 0. The highest BCUT2D eigenvalue weighted by Crippen LogP contribution is 2.16. The topological polar surface area (TPSA) is 55.1 Å². The predicted molar refractivity (Wildman–Crippen MR) is 65.2 cm³/mol. The van der Waals surface area contributed by atoms with Crippen molar-refractivity contribution in [2.75, 3.05) is 5.73 Å². The second-order valence-electron chi connectivity index (χ2n) is 4.13. The van der Waals surface area contributed by atoms with Crippen LogP contribution in [0.15, 0.2) is 30.4 Å². The van der Waals surface area contributed by atoms with Gasteiger partial charge in [0.1, 0.15) is 0 Å². The molecule has 3 heteroatoms. The van der Waals surface area contributed by atoms with Crippen LogP contribution in [-0.4, -0.2) is 11.9 Å². The summed E-state index contributed by atoms with van der Waals surface area (Å²) in [6.45, 7) is 1.87. The SMILES string of the molecule is Cc1c(N)cccc1C(=O)NC1CC=CC1. The van der Waals surface area contributed by atoms with Gasteiger partial charge in [-0.25, -0.2) is 0 Å². The maximum Gasteiger partial charge on any atom is 0.251 e. The van der Waals surface area contributed by atoms with Gasteiger partial charge < -0.3 is 11.1 Å². The molecule has 0 atom stereocenters. The molecule has 2 rings (SSSR count). The zero-order valence-corrected chi connectivity index (χ0v) is 9.36. The number of amides is 1. The van der Waals surface area contributed by atoms with Crippen LogP contribution >= 0.6 is 0 Å². The second-order valence-corrected chi connectivity index (χ2v) is 4.13. The summed E-state index contributed by atoms with van der Waals surface area (Å²) in [6, 6.07) is 5.67. The molecule has 0 radical (unpaired) electrons. The number of carbonyl (C=O) groups excluding carboxylic acids is 1. The Labute approximate surface area is 95.3 Å². The van der Waals surface area contributed by atoms with Crippen LogP contribution in [0.25, 0.3) is 0 Å². The molecule has 1 aromatic rings. The Balaban J connectivity index is 2.11. The van der Waals surface area contributed by atoms with Gasteiger partial charge in [0.25, 0.3) is 5.91 Å². The molecule has 0 unspecified atom stereocenters. The van der Waals surface area contributed by atoms with E-state index in [1.165, 1.54) is 0 Å². The van der Waals surface area contributed by atoms with E-state index in [9.17, 15) is 4.79 Å². The summed E-state index contributed by atoms with van der Waals surface area (Å²) in [6.07, 6.45) is 6.04. The van der Waals surface area contributed by atoms with Crippen molar-refractivity contribution in [2.45, 2.75) is 25.8 Å². The van der Waals surface area contributed by atoms with Gasteiger partial charge in [0.2, 0.25) is 0 Å². The number of anilines is 1. The lowest BCUT2D eigenvalue weighted by atomic mass is 10.1. The molecule has 0 aromatic heterocycles. The van der Waals surface area contributed by atoms with Crippen molar-refractivity contribution in [1.82, 2.24) is 5.32 Å². The van der Waals surface area contributed by atoms with Gasteiger partial charge in [0.05, 0.1) is 0 Å². The highest BCUT2D eigenvalue weighted by molar-refractivity contribution is 5.97. The van der Waals surface area contributed by atoms with E-state index in [4.69, 9.17) is 5.73 Å². The number of hydrogen-bond acceptors (Lipinski definition) is 2. The summed E-state index contributed by atoms with van der Waals surface area (Å²) in [7, 11) is 0. The Hall–Kier alpha value is -1.77. The average molecular weight is 216 g/mol. The van der Waals surface area contributed by atoms with E-state index in [2.05, 4.69) is 17.5 Å². The molecule has 0 heterocycles. The van der Waals surface area contributed by atoms with Gasteiger partial charge >= 0.3 is 0 Å². The van der Waals surface area contributed by atoms with Crippen LogP contribution in [0.3, 0.4) is 0 Å². The van der Waals surface area contributed by atoms with Crippen LogP contribution in [0, 0.1) is 6.92 Å². The zero-order chi connectivity index (χ0) is 11.5. The lowest BCUT2D eigenvalue weighted by molar-refractivity contribution is 0.0938. The lowest BCUT2D eigenvalue weighted by Crippen LogP contribution is -2.33. The van der Waals surface area contributed by atoms with E-state index in [0.717, 1.165) is 18.4 Å². The number of nitrogen functional groups attached to an aromatic ring is 1. The molecule has 0 saturated carbocycles. The quantitative estimate of drug-likeness (QED) is 0.587. The molecule has 16 heavy (non-hydrogen) atoms. The first kappa shape index (κ1) is 10.7. The first-order chi connectivity index (χ1) is 7.68. The molecule has 3 N–H and O–H groups in total. The van der Waals surface area contributed by atoms with Gasteiger partial charge in [-0.3, -0.25) is 4.79 Å². The van der Waals surface area contributed by atoms with Gasteiger partial charge in [-0.2, -0.15) is 0 Å². The summed E-state index contributed by atoms with van der Waals surface area (Å²) in [5.41, 5.74) is 7.96. The summed E-state index contributed by atoms with van der Waals surface area (Å²) < 4.78 is 0. The van der Waals surface area contributed by atoms with Gasteiger partial charge in [-0.05, 0) is 37.5 Å². The standard InChI is InChI=1S/C13H16N2O/c1-9-11(7-4-8-12(9)14)13(16)15-10-5-2-3-6-10/h2-4,7-8,10H,5-6,14H2,1H3,(H,15,16). The van der Waals surface area contributed by atoms with E-state index in [1.807, 2.05) is 25.1 Å². The lowest BCUT2D eigenvalue weighted by Gasteiger charge is -2.14. The monoisotopic (exact) mass is 216 g/mol. The van der Waals surface area contributed by atoms with Gasteiger partial charge in [0, 0.05) is 17.3 Å². The van der Waals surface area contributed by atoms with Crippen molar-refractivity contribution in [3.8, 4) is 0 Å². The van der Waals surface area contributed by atoms with Gasteiger partial charge in [0.15, 0.2) is 0 Å². The molecule has 0 bridgehead atoms. The first-order valence-corrected chi connectivity index (χ1v) is 5.49. The highest BCUT2D eigenvalue weighted by atomic mass is 16.1. The van der Waals surface area contributed by atoms with Crippen molar-refractivity contribution in [3.63, 3.8) is 0 Å². The fraction of sp³-hybridized carbons (Fsp3) is 0.308. The molecule has 1 aromatic carbocycles. The van der Waals surface area contributed by atoms with Crippen molar-refractivity contribution < 1.29 is 4.79 Å². The number of rotatable bonds is 2. The van der Waals surface area contributed by atoms with Crippen molar-refractivity contribution in [2.24, 2.45) is 0 Å². The Kier molecular flexibility index (Phi) is 2.95. The highest BCUT2D eigenvalue weighted by Gasteiger charge is 2.16. The van der Waals surface area contributed by atoms with Crippen LogP contribution in [0.5, 0.6) is 0 Å². The molecule has 0 saturated heterocycles. The van der Waals surface area contributed by atoms with E-state index >= 15 is 0 Å². The Bertz CT molecular complexity index is 430. The maximum absolute atomic E-state index is 12.0. The minimum absolute atomic E-state index is 0.0292. The van der Waals surface area contributed by atoms with E-state index < -0.39 is 0 Å². The van der Waals surface area contributed by atoms with Gasteiger partial charge in [-0.1, -0.05) is 18.2 Å². The van der Waals surface area contributed by atoms with E-state index in [0.29, 0.717) is 11.3 Å². The Morgan fingerprint density at radius 2 is 2.06 bits per heavy atom. The predicted octanol–water partition coefficient (Wildman–Crippen LogP) is 2.03. The largest absolute Gasteiger partial charge is 0.398 e. The molecule has 0 spiro atoms. The van der Waals surface area contributed by atoms with Crippen LogP contribution < -0.4 is 11.1 Å². The molecule has 3 nitrogen and oxygen atoms in total. The minimum Gasteiger partial charge on any atom is -0.398 e. The van der Waals surface area contributed by atoms with E-state index in [-0.39, 0.29) is 11.9 Å². The minimum atomic E-state index is -0.0292. The molecule has 0 aliphatic heterocycles. The fourth-order valence-electron chi connectivity index (χ4n) is 1.90. The smallest absolute Gasteiger partial charge is 0.251 e. The maximum atomic E-state index is 12.0. The Morgan fingerprint density at radius 1 is 1.38 bits per heavy atom. The number of hydrogen-bond donors (Lipinski definition) is 2. The summed E-state index contributed by atoms with van der Waals surface area (Å²) in [5, 5.41) is 3.01. The van der Waals surface area contributed by atoms with Gasteiger partial charge in [-0.15, -0.1) is 0 Å². The molecule has 84 valence electrons. The number of nitrogens with two attached hydrogens (primary N) is 1. The Morgan fingerprint density at radius 3 is 2.75 bits per heavy atom. The third-order valence-corrected chi connectivity index (χ3v) is 2.96. The van der Waals surface area contributed by atoms with Crippen molar-refractivity contribution in [1.29, 1.82) is 0 Å². The second kappa shape index (κ2) is 4.39. The van der Waals surface area contributed by atoms with Crippen LogP contribution in [0.2, 0.25) is 0 Å². The zero-order valence-electron chi connectivity index (χ0n) is 9.36. The van der Waals surface area contributed by atoms with Crippen LogP contribution in [0.4, 0.5) is 5.69 Å². The molecular formula is C13H16N2O. The number of benzene rings is 1. The molecular weight excluding hydrogens is 200 g/mol. The molecule has 0 fully saturated rings. The first-order valence-electron chi connectivity index (χ1n) is 5.49. The van der Waals surface area contributed by atoms with Crippen molar-refractivity contribution in [3.05, 3.63) is 41.5 Å². The fourth-order valence-corrected chi connectivity index (χ4v) is 1.90. The molecule has 1 aliphatic carbocycles. The number of carbonyl (C=O) groups is 1. The van der Waals surface area contributed by atoms with E-state index in [1.54, 1.807) is 0 Å². The molecule has 1 amide bonds. The summed E-state index contributed by atoms with van der Waals surface area (Å²) in [4.78, 5) is 12.0. The number of nitrogens with one attached hydrogen (secondary N) is 1. The van der Waals surface area contributed by atoms with Crippen molar-refractivity contribution >= 4 is 11.6 Å². The normalized spacial score (nSPS) is 15.3.